The van der Waals surface area contributed by atoms with E-state index >= 15 is 0 Å². The molecule has 0 radical (unpaired) electrons. The highest BCUT2D eigenvalue weighted by molar-refractivity contribution is 5.49. The number of hydrogen-bond acceptors (Lipinski definition) is 3. The zero-order valence-electron chi connectivity index (χ0n) is 24.6. The van der Waals surface area contributed by atoms with Gasteiger partial charge in [0.05, 0.1) is 18.9 Å². The van der Waals surface area contributed by atoms with Crippen molar-refractivity contribution in [2.24, 2.45) is 29.6 Å². The Kier molecular flexibility index (Phi) is 10.3. The van der Waals surface area contributed by atoms with Gasteiger partial charge < -0.3 is 14.8 Å². The molecule has 5 rings (SSSR count). The van der Waals surface area contributed by atoms with Crippen molar-refractivity contribution in [1.29, 1.82) is 0 Å². The minimum absolute atomic E-state index is 0.0233. The van der Waals surface area contributed by atoms with Crippen molar-refractivity contribution in [3.8, 4) is 11.5 Å². The minimum Gasteiger partial charge on any atom is -0.493 e. The van der Waals surface area contributed by atoms with Crippen LogP contribution >= 0.6 is 0 Å². The van der Waals surface area contributed by atoms with Gasteiger partial charge in [0.1, 0.15) is 5.75 Å². The van der Waals surface area contributed by atoms with Gasteiger partial charge in [0.25, 0.3) is 0 Å². The largest absolute Gasteiger partial charge is 0.493 e. The van der Waals surface area contributed by atoms with E-state index in [1.54, 1.807) is 13.0 Å². The average Bonchev–Trinajstić information content (AvgIpc) is 2.99. The zero-order chi connectivity index (χ0) is 27.9. The predicted molar refractivity (Wildman–Crippen MR) is 159 cm³/mol. The monoisotopic (exact) mass is 553 g/mol. The van der Waals surface area contributed by atoms with E-state index in [1.807, 2.05) is 0 Å². The molecule has 3 saturated carbocycles. The molecule has 2 aromatic rings. The summed E-state index contributed by atoms with van der Waals surface area (Å²) in [4.78, 5) is 0. The zero-order valence-corrected chi connectivity index (χ0v) is 24.6. The van der Waals surface area contributed by atoms with Gasteiger partial charge in [-0.3, -0.25) is 0 Å². The Morgan fingerprint density at radius 1 is 0.725 bits per heavy atom. The minimum atomic E-state index is -0.904. The highest BCUT2D eigenvalue weighted by atomic mass is 19.2. The fraction of sp³-hybridized carbons (Fsp3) is 0.657. The van der Waals surface area contributed by atoms with Crippen LogP contribution in [0.5, 0.6) is 11.5 Å². The topological polar surface area (TPSA) is 30.5 Å². The van der Waals surface area contributed by atoms with E-state index in [9.17, 15) is 8.78 Å². The first-order valence-corrected chi connectivity index (χ1v) is 16.1. The van der Waals surface area contributed by atoms with Crippen LogP contribution in [0.1, 0.15) is 102 Å². The van der Waals surface area contributed by atoms with Crippen molar-refractivity contribution >= 4 is 5.69 Å². The highest BCUT2D eigenvalue weighted by Crippen LogP contribution is 2.48. The molecule has 4 unspecified atom stereocenters. The van der Waals surface area contributed by atoms with E-state index in [0.29, 0.717) is 25.0 Å². The molecule has 0 aliphatic heterocycles. The van der Waals surface area contributed by atoms with Crippen LogP contribution in [0.4, 0.5) is 14.5 Å². The average molecular weight is 554 g/mol. The van der Waals surface area contributed by atoms with Gasteiger partial charge in [-0.1, -0.05) is 44.7 Å². The molecule has 220 valence electrons. The van der Waals surface area contributed by atoms with Gasteiger partial charge in [0.15, 0.2) is 11.6 Å². The molecule has 40 heavy (non-hydrogen) atoms. The lowest BCUT2D eigenvalue weighted by Gasteiger charge is -2.42. The van der Waals surface area contributed by atoms with Crippen LogP contribution in [-0.2, 0) is 0 Å². The number of nitrogens with one attached hydrogen (secondary N) is 1. The van der Waals surface area contributed by atoms with E-state index in [0.717, 1.165) is 42.4 Å². The second-order valence-corrected chi connectivity index (χ2v) is 12.8. The number of fused-ring (bicyclic) bond motifs is 1. The molecule has 2 aromatic carbocycles. The van der Waals surface area contributed by atoms with Crippen LogP contribution < -0.4 is 14.8 Å². The van der Waals surface area contributed by atoms with Gasteiger partial charge in [0.2, 0.25) is 5.82 Å². The molecule has 0 amide bonds. The third-order valence-electron chi connectivity index (χ3n) is 10.2. The van der Waals surface area contributed by atoms with Gasteiger partial charge >= 0.3 is 0 Å². The first kappa shape index (κ1) is 29.2. The summed E-state index contributed by atoms with van der Waals surface area (Å²) in [6.07, 6.45) is 15.4. The molecule has 0 bridgehead atoms. The molecular weight excluding hydrogens is 504 g/mol. The lowest BCUT2D eigenvalue weighted by Crippen LogP contribution is -2.32. The van der Waals surface area contributed by atoms with Gasteiger partial charge in [-0.2, -0.15) is 4.39 Å². The van der Waals surface area contributed by atoms with E-state index in [2.05, 4.69) is 36.5 Å². The summed E-state index contributed by atoms with van der Waals surface area (Å²) in [6.45, 7) is 5.93. The number of benzene rings is 2. The summed E-state index contributed by atoms with van der Waals surface area (Å²) >= 11 is 0. The Hall–Kier alpha value is -2.30. The lowest BCUT2D eigenvalue weighted by atomic mass is 9.64. The van der Waals surface area contributed by atoms with E-state index in [4.69, 9.17) is 9.47 Å². The van der Waals surface area contributed by atoms with Crippen LogP contribution in [0.2, 0.25) is 0 Å². The van der Waals surface area contributed by atoms with Crippen LogP contribution in [0, 0.1) is 41.2 Å². The van der Waals surface area contributed by atoms with Crippen LogP contribution in [0.25, 0.3) is 0 Å². The smallest absolute Gasteiger partial charge is 0.202 e. The van der Waals surface area contributed by atoms with E-state index in [-0.39, 0.29) is 11.4 Å². The van der Waals surface area contributed by atoms with E-state index in [1.165, 1.54) is 82.3 Å². The SMILES string of the molecule is CCCC1CCC(COc2ccc(C3CCC4CC(CNc5ccc(OCC)c(F)c5F)CCC4C3)cc2)CC1. The standard InChI is InChI=1S/C35H49F2NO2/c1-3-5-24-6-8-25(9-7-24)23-40-31-16-14-27(15-17-31)29-13-12-28-20-26(10-11-30(28)21-29)22-38-32-18-19-33(39-4-2)35(37)34(32)36/h14-19,24-26,28-30,38H,3-13,20-23H2,1-2H3. The quantitative estimate of drug-likeness (QED) is 0.300. The Balaban J connectivity index is 1.05. The second kappa shape index (κ2) is 14.0. The summed E-state index contributed by atoms with van der Waals surface area (Å²) < 4.78 is 40.1. The molecule has 1 N–H and O–H groups in total. The Morgan fingerprint density at radius 3 is 2.17 bits per heavy atom. The number of ether oxygens (including phenoxy) is 2. The van der Waals surface area contributed by atoms with Gasteiger partial charge in [0, 0.05) is 6.54 Å². The molecular formula is C35H49F2NO2. The van der Waals surface area contributed by atoms with Crippen LogP contribution in [0.3, 0.4) is 0 Å². The summed E-state index contributed by atoms with van der Waals surface area (Å²) in [5.41, 5.74) is 1.70. The highest BCUT2D eigenvalue weighted by Gasteiger charge is 2.36. The molecule has 0 saturated heterocycles. The summed E-state index contributed by atoms with van der Waals surface area (Å²) in [6, 6.07) is 12.1. The first-order valence-electron chi connectivity index (χ1n) is 16.1. The van der Waals surface area contributed by atoms with Crippen LogP contribution in [0.15, 0.2) is 36.4 Å². The Morgan fingerprint density at radius 2 is 1.43 bits per heavy atom. The molecule has 4 atom stereocenters. The predicted octanol–water partition coefficient (Wildman–Crippen LogP) is 9.76. The number of hydrogen-bond donors (Lipinski definition) is 1. The Labute approximate surface area is 240 Å². The fourth-order valence-corrected chi connectivity index (χ4v) is 7.81. The van der Waals surface area contributed by atoms with Crippen molar-refractivity contribution in [3.63, 3.8) is 0 Å². The molecule has 3 nitrogen and oxygen atoms in total. The molecule has 0 aromatic heterocycles. The fourth-order valence-electron chi connectivity index (χ4n) is 7.81. The number of halogens is 2. The molecule has 3 aliphatic rings. The molecule has 3 aliphatic carbocycles. The van der Waals surface area contributed by atoms with Crippen molar-refractivity contribution < 1.29 is 18.3 Å². The Bertz CT molecular complexity index is 1070. The number of rotatable bonds is 11. The van der Waals surface area contributed by atoms with Crippen molar-refractivity contribution in [1.82, 2.24) is 0 Å². The summed E-state index contributed by atoms with van der Waals surface area (Å²) in [5.74, 6) is 3.57. The molecule has 0 spiro atoms. The molecule has 5 heteroatoms. The van der Waals surface area contributed by atoms with E-state index < -0.39 is 11.6 Å². The van der Waals surface area contributed by atoms with Crippen molar-refractivity contribution in [2.75, 3.05) is 25.1 Å². The normalized spacial score (nSPS) is 28.5. The van der Waals surface area contributed by atoms with Crippen molar-refractivity contribution in [3.05, 3.63) is 53.6 Å². The first-order chi connectivity index (χ1) is 19.5. The maximum Gasteiger partial charge on any atom is 0.202 e. The maximum atomic E-state index is 14.5. The number of anilines is 1. The van der Waals surface area contributed by atoms with Gasteiger partial charge in [-0.15, -0.1) is 0 Å². The molecule has 3 fully saturated rings. The third-order valence-corrected chi connectivity index (χ3v) is 10.2. The van der Waals surface area contributed by atoms with Gasteiger partial charge in [-0.05, 0) is 124 Å². The van der Waals surface area contributed by atoms with Gasteiger partial charge in [-0.25, -0.2) is 4.39 Å². The molecule has 0 heterocycles. The third kappa shape index (κ3) is 7.31. The maximum absolute atomic E-state index is 14.5. The lowest BCUT2D eigenvalue weighted by molar-refractivity contribution is 0.122. The van der Waals surface area contributed by atoms with Crippen LogP contribution in [-0.4, -0.2) is 19.8 Å². The second-order valence-electron chi connectivity index (χ2n) is 12.8. The summed E-state index contributed by atoms with van der Waals surface area (Å²) in [7, 11) is 0. The van der Waals surface area contributed by atoms with Crippen molar-refractivity contribution in [2.45, 2.75) is 96.8 Å². The summed E-state index contributed by atoms with van der Waals surface area (Å²) in [5, 5.41) is 3.18.